The van der Waals surface area contributed by atoms with Gasteiger partial charge in [0.2, 0.25) is 11.8 Å². The first-order valence-electron chi connectivity index (χ1n) is 13.8. The maximum Gasteiger partial charge on any atom is 0.264 e. The molecule has 1 atom stereocenters. The van der Waals surface area contributed by atoms with Gasteiger partial charge in [-0.2, -0.15) is 0 Å². The van der Waals surface area contributed by atoms with Crippen molar-refractivity contribution in [3.8, 4) is 0 Å². The average Bonchev–Trinajstić information content (AvgIpc) is 3.00. The minimum atomic E-state index is -4.18. The molecular formula is C33H33Cl2N3O4S. The molecule has 10 heteroatoms. The summed E-state index contributed by atoms with van der Waals surface area (Å²) in [4.78, 5) is 29.3. The van der Waals surface area contributed by atoms with Crippen LogP contribution in [0, 0.1) is 6.92 Å². The van der Waals surface area contributed by atoms with Gasteiger partial charge in [-0.15, -0.1) is 0 Å². The number of halogens is 2. The number of hydrogen-bond acceptors (Lipinski definition) is 4. The molecule has 4 aromatic carbocycles. The maximum absolute atomic E-state index is 14.3. The minimum absolute atomic E-state index is 0.0367. The zero-order valence-corrected chi connectivity index (χ0v) is 26.2. The molecule has 2 amide bonds. The Balaban J connectivity index is 1.78. The van der Waals surface area contributed by atoms with Gasteiger partial charge in [0, 0.05) is 29.6 Å². The Morgan fingerprint density at radius 2 is 1.37 bits per heavy atom. The largest absolute Gasteiger partial charge is 0.355 e. The Labute approximate surface area is 263 Å². The Kier molecular flexibility index (Phi) is 10.9. The van der Waals surface area contributed by atoms with Crippen LogP contribution in [-0.2, 0) is 32.6 Å². The fraction of sp³-hybridized carbons (Fsp3) is 0.212. The molecule has 0 fully saturated rings. The van der Waals surface area contributed by atoms with Crippen LogP contribution in [-0.4, -0.2) is 44.3 Å². The van der Waals surface area contributed by atoms with E-state index in [-0.39, 0.29) is 29.5 Å². The van der Waals surface area contributed by atoms with Crippen LogP contribution >= 0.6 is 23.2 Å². The SMILES string of the molecule is CCNC(=O)[C@@H](Cc1ccccc1)N(Cc1ccc(Cl)cc1)C(=O)CN(c1ccc(Cl)cc1)S(=O)(=O)c1ccc(C)cc1. The van der Waals surface area contributed by atoms with Crippen molar-refractivity contribution in [2.75, 3.05) is 17.4 Å². The first kappa shape index (κ1) is 32.1. The third-order valence-corrected chi connectivity index (χ3v) is 9.18. The maximum atomic E-state index is 14.3. The molecule has 0 heterocycles. The van der Waals surface area contributed by atoms with Crippen LogP contribution in [0.2, 0.25) is 10.0 Å². The lowest BCUT2D eigenvalue weighted by Crippen LogP contribution is -2.53. The normalized spacial score (nSPS) is 11.9. The van der Waals surface area contributed by atoms with Crippen molar-refractivity contribution in [1.29, 1.82) is 0 Å². The van der Waals surface area contributed by atoms with Crippen molar-refractivity contribution in [3.63, 3.8) is 0 Å². The molecule has 0 radical (unpaired) electrons. The van der Waals surface area contributed by atoms with Crippen molar-refractivity contribution in [2.45, 2.75) is 37.8 Å². The molecule has 0 unspecified atom stereocenters. The highest BCUT2D eigenvalue weighted by Gasteiger charge is 2.34. The number of hydrogen-bond donors (Lipinski definition) is 1. The van der Waals surface area contributed by atoms with E-state index in [1.165, 1.54) is 17.0 Å². The zero-order chi connectivity index (χ0) is 31.0. The molecule has 4 rings (SSSR count). The van der Waals surface area contributed by atoms with Crippen LogP contribution in [0.5, 0.6) is 0 Å². The van der Waals surface area contributed by atoms with Crippen molar-refractivity contribution in [3.05, 3.63) is 130 Å². The average molecular weight is 639 g/mol. The molecule has 0 saturated carbocycles. The van der Waals surface area contributed by atoms with Gasteiger partial charge in [0.05, 0.1) is 10.6 Å². The van der Waals surface area contributed by atoms with E-state index in [1.54, 1.807) is 67.6 Å². The molecule has 43 heavy (non-hydrogen) atoms. The molecule has 0 aliphatic rings. The standard InChI is InChI=1S/C33H33Cl2N3O4S/c1-3-36-33(40)31(21-25-7-5-4-6-8-25)37(22-26-11-13-27(34)14-12-26)32(39)23-38(29-17-15-28(35)16-18-29)43(41,42)30-19-9-24(2)10-20-30/h4-20,31H,3,21-23H2,1-2H3,(H,36,40)/t31-/m1/s1. The van der Waals surface area contributed by atoms with E-state index >= 15 is 0 Å². The van der Waals surface area contributed by atoms with Crippen molar-refractivity contribution >= 4 is 50.7 Å². The Morgan fingerprint density at radius 3 is 1.95 bits per heavy atom. The van der Waals surface area contributed by atoms with Gasteiger partial charge in [-0.25, -0.2) is 8.42 Å². The smallest absolute Gasteiger partial charge is 0.264 e. The summed E-state index contributed by atoms with van der Waals surface area (Å²) in [6.07, 6.45) is 0.234. The lowest BCUT2D eigenvalue weighted by molar-refractivity contribution is -0.140. The molecule has 0 saturated heterocycles. The summed E-state index contributed by atoms with van der Waals surface area (Å²) in [5, 5.41) is 3.80. The first-order valence-corrected chi connectivity index (χ1v) is 16.0. The number of amides is 2. The molecule has 0 aliphatic heterocycles. The molecule has 0 aromatic heterocycles. The van der Waals surface area contributed by atoms with E-state index in [0.717, 1.165) is 21.0 Å². The predicted octanol–water partition coefficient (Wildman–Crippen LogP) is 6.27. The van der Waals surface area contributed by atoms with Gasteiger partial charge in [0.25, 0.3) is 10.0 Å². The number of anilines is 1. The summed E-state index contributed by atoms with van der Waals surface area (Å²) in [6, 6.07) is 28.1. The number of benzene rings is 4. The van der Waals surface area contributed by atoms with E-state index in [2.05, 4.69) is 5.32 Å². The lowest BCUT2D eigenvalue weighted by atomic mass is 10.0. The van der Waals surface area contributed by atoms with E-state index in [4.69, 9.17) is 23.2 Å². The van der Waals surface area contributed by atoms with Crippen LogP contribution < -0.4 is 9.62 Å². The Bertz CT molecular complexity index is 1630. The highest BCUT2D eigenvalue weighted by Crippen LogP contribution is 2.27. The molecular weight excluding hydrogens is 605 g/mol. The van der Waals surface area contributed by atoms with E-state index in [9.17, 15) is 18.0 Å². The molecule has 0 spiro atoms. The van der Waals surface area contributed by atoms with Crippen LogP contribution in [0.15, 0.2) is 108 Å². The highest BCUT2D eigenvalue weighted by molar-refractivity contribution is 7.92. The number of aryl methyl sites for hydroxylation is 1. The molecule has 224 valence electrons. The number of rotatable bonds is 12. The van der Waals surface area contributed by atoms with Gasteiger partial charge in [-0.1, -0.05) is 83.4 Å². The summed E-state index contributed by atoms with van der Waals surface area (Å²) in [7, 11) is -4.18. The molecule has 7 nitrogen and oxygen atoms in total. The third-order valence-electron chi connectivity index (χ3n) is 6.89. The Hall–Kier alpha value is -3.85. The quantitative estimate of drug-likeness (QED) is 0.198. The molecule has 4 aromatic rings. The summed E-state index contributed by atoms with van der Waals surface area (Å²) in [6.45, 7) is 3.55. The summed E-state index contributed by atoms with van der Waals surface area (Å²) < 4.78 is 29.1. The fourth-order valence-electron chi connectivity index (χ4n) is 4.61. The van der Waals surface area contributed by atoms with Gasteiger partial charge in [0.1, 0.15) is 12.6 Å². The molecule has 0 aliphatic carbocycles. The molecule has 1 N–H and O–H groups in total. The van der Waals surface area contributed by atoms with E-state index in [1.807, 2.05) is 37.3 Å². The second kappa shape index (κ2) is 14.6. The first-order chi connectivity index (χ1) is 20.6. The second-order valence-corrected chi connectivity index (χ2v) is 12.8. The van der Waals surface area contributed by atoms with Crippen molar-refractivity contribution in [2.24, 2.45) is 0 Å². The second-order valence-electron chi connectivity index (χ2n) is 10.0. The van der Waals surface area contributed by atoms with Gasteiger partial charge in [-0.05, 0) is 73.5 Å². The van der Waals surface area contributed by atoms with Crippen molar-refractivity contribution in [1.82, 2.24) is 10.2 Å². The number of nitrogens with one attached hydrogen (secondary N) is 1. The van der Waals surface area contributed by atoms with E-state index in [0.29, 0.717) is 16.6 Å². The summed E-state index contributed by atoms with van der Waals surface area (Å²) in [5.41, 5.74) is 2.75. The topological polar surface area (TPSA) is 86.8 Å². The number of carbonyl (C=O) groups is 2. The number of likely N-dealkylation sites (N-methyl/N-ethyl adjacent to an activating group) is 1. The van der Waals surface area contributed by atoms with Gasteiger partial charge >= 0.3 is 0 Å². The Morgan fingerprint density at radius 1 is 0.791 bits per heavy atom. The number of nitrogens with zero attached hydrogens (tertiary/aromatic N) is 2. The monoisotopic (exact) mass is 637 g/mol. The van der Waals surface area contributed by atoms with E-state index < -0.39 is 28.5 Å². The van der Waals surface area contributed by atoms with Crippen molar-refractivity contribution < 1.29 is 18.0 Å². The van der Waals surface area contributed by atoms with Crippen LogP contribution in [0.1, 0.15) is 23.6 Å². The summed E-state index contributed by atoms with van der Waals surface area (Å²) in [5.74, 6) is -0.888. The molecule has 0 bridgehead atoms. The minimum Gasteiger partial charge on any atom is -0.355 e. The van der Waals surface area contributed by atoms with Gasteiger partial charge in [-0.3, -0.25) is 13.9 Å². The zero-order valence-electron chi connectivity index (χ0n) is 23.9. The lowest BCUT2D eigenvalue weighted by Gasteiger charge is -2.33. The highest BCUT2D eigenvalue weighted by atomic mass is 35.5. The van der Waals surface area contributed by atoms with Crippen LogP contribution in [0.3, 0.4) is 0 Å². The predicted molar refractivity (Wildman–Crippen MR) is 172 cm³/mol. The number of sulfonamides is 1. The fourth-order valence-corrected chi connectivity index (χ4v) is 6.27. The van der Waals surface area contributed by atoms with Gasteiger partial charge < -0.3 is 10.2 Å². The third kappa shape index (κ3) is 8.38. The van der Waals surface area contributed by atoms with Gasteiger partial charge in [0.15, 0.2) is 0 Å². The van der Waals surface area contributed by atoms with Crippen LogP contribution in [0.4, 0.5) is 5.69 Å². The van der Waals surface area contributed by atoms with Crippen LogP contribution in [0.25, 0.3) is 0 Å². The summed E-state index contributed by atoms with van der Waals surface area (Å²) >= 11 is 12.2. The number of carbonyl (C=O) groups excluding carboxylic acids is 2.